The van der Waals surface area contributed by atoms with Gasteiger partial charge in [-0.15, -0.1) is 22.7 Å². The van der Waals surface area contributed by atoms with Gasteiger partial charge < -0.3 is 26.0 Å². The summed E-state index contributed by atoms with van der Waals surface area (Å²) in [4.78, 5) is 0. The average Bonchev–Trinajstić information content (AvgIpc) is 3.78. The second kappa shape index (κ2) is 25.8. The maximum atomic E-state index is 4.94. The van der Waals surface area contributed by atoms with Crippen LogP contribution in [0, 0.1) is 68.5 Å². The molecule has 2 atom stereocenters. The van der Waals surface area contributed by atoms with Gasteiger partial charge in [0.1, 0.15) is 0 Å². The second-order valence-electron chi connectivity index (χ2n) is 13.7. The van der Waals surface area contributed by atoms with Gasteiger partial charge in [0, 0.05) is 36.7 Å². The van der Waals surface area contributed by atoms with Crippen molar-refractivity contribution in [2.75, 3.05) is 23.8 Å². The van der Waals surface area contributed by atoms with Crippen LogP contribution in [0.1, 0.15) is 55.4 Å². The minimum Gasteiger partial charge on any atom is -0.658 e. The number of benzene rings is 6. The van der Waals surface area contributed by atoms with Crippen LogP contribution in [0.3, 0.4) is 0 Å². The normalized spacial score (nSPS) is 12.3. The predicted octanol–water partition coefficient (Wildman–Crippen LogP) is 14.5. The first-order valence-electron chi connectivity index (χ1n) is 19.2. The molecule has 6 heteroatoms. The van der Waals surface area contributed by atoms with Gasteiger partial charge in [-0.1, -0.05) is 158 Å². The summed E-state index contributed by atoms with van der Waals surface area (Å²) < 4.78 is 4.94. The first-order valence-corrected chi connectivity index (χ1v) is 19.2. The molecular formula is C49H58N4NdO+. The summed E-state index contributed by atoms with van der Waals surface area (Å²) in [5.74, 6) is 0. The first-order chi connectivity index (χ1) is 26.3. The summed E-state index contributed by atoms with van der Waals surface area (Å²) >= 11 is 0. The van der Waals surface area contributed by atoms with Gasteiger partial charge in [-0.05, 0) is 83.1 Å². The van der Waals surface area contributed by atoms with E-state index in [1.165, 1.54) is 46.5 Å². The van der Waals surface area contributed by atoms with Gasteiger partial charge in [0.25, 0.3) is 0 Å². The van der Waals surface area contributed by atoms with E-state index in [2.05, 4.69) is 99.2 Å². The molecular weight excluding hydrogens is 805 g/mol. The third-order valence-corrected chi connectivity index (χ3v) is 8.82. The van der Waals surface area contributed by atoms with E-state index >= 15 is 0 Å². The zero-order chi connectivity index (χ0) is 38.4. The monoisotopic (exact) mass is 860 g/mol. The molecule has 1 heterocycles. The van der Waals surface area contributed by atoms with Gasteiger partial charge in [0.15, 0.2) is 0 Å². The van der Waals surface area contributed by atoms with Crippen LogP contribution in [0.25, 0.3) is 10.6 Å². The standard InChI is InChI=1S/C21H30N2.2C12H10N.C4H8O.Nd/c1-14-9-7-10-15(2)20(14)22-18(5)13-19(6)23-21-16(3)11-8-12-17(21)4;2*1-3-7-11(8-4-1)13-12-9-5-2-6-10-12;1-2-4-5-3-1;/h7-12,18-19,22-23H,13H2,1-6H3;2*1-10H;1-4H2;/q;2*-1;;+3. The molecule has 0 bridgehead atoms. The molecule has 2 unspecified atom stereocenters. The number of hydrogen-bond acceptors (Lipinski definition) is 3. The second-order valence-corrected chi connectivity index (χ2v) is 13.7. The number of rotatable bonds is 10. The molecule has 0 aromatic heterocycles. The maximum absolute atomic E-state index is 4.94. The molecule has 1 fully saturated rings. The van der Waals surface area contributed by atoms with E-state index < -0.39 is 0 Å². The number of aryl methyl sites for hydroxylation is 4. The summed E-state index contributed by atoms with van der Waals surface area (Å²) in [5, 5.41) is 16.3. The molecule has 1 radical (unpaired) electrons. The number of nitrogens with one attached hydrogen (secondary N) is 2. The summed E-state index contributed by atoms with van der Waals surface area (Å²) in [5.41, 5.74) is 11.8. The van der Waals surface area contributed by atoms with E-state index in [1.54, 1.807) is 0 Å². The Labute approximate surface area is 364 Å². The van der Waals surface area contributed by atoms with Crippen LogP contribution in [0.5, 0.6) is 0 Å². The fourth-order valence-electron chi connectivity index (χ4n) is 6.04. The van der Waals surface area contributed by atoms with E-state index in [9.17, 15) is 0 Å². The minimum absolute atomic E-state index is 0. The summed E-state index contributed by atoms with van der Waals surface area (Å²) in [6, 6.07) is 53.5. The van der Waals surface area contributed by atoms with Crippen molar-refractivity contribution in [2.45, 2.75) is 72.9 Å². The molecule has 1 aliphatic rings. The summed E-state index contributed by atoms with van der Waals surface area (Å²) in [6.45, 7) is 15.2. The molecule has 283 valence electrons. The van der Waals surface area contributed by atoms with Crippen molar-refractivity contribution >= 4 is 34.1 Å². The van der Waals surface area contributed by atoms with Gasteiger partial charge in [-0.2, -0.15) is 0 Å². The smallest absolute Gasteiger partial charge is 0.658 e. The number of nitrogens with zero attached hydrogens (tertiary/aromatic N) is 2. The Morgan fingerprint density at radius 1 is 0.436 bits per heavy atom. The fourth-order valence-corrected chi connectivity index (χ4v) is 6.04. The van der Waals surface area contributed by atoms with E-state index in [0.717, 1.165) is 42.4 Å². The maximum Gasteiger partial charge on any atom is 3.00 e. The molecule has 7 rings (SSSR count). The van der Waals surface area contributed by atoms with Crippen molar-refractivity contribution < 1.29 is 45.6 Å². The van der Waals surface area contributed by atoms with Crippen molar-refractivity contribution in [2.24, 2.45) is 0 Å². The summed E-state index contributed by atoms with van der Waals surface area (Å²) in [6.07, 6.45) is 3.63. The van der Waals surface area contributed by atoms with Gasteiger partial charge in [0.2, 0.25) is 0 Å². The molecule has 0 saturated carbocycles. The number of ether oxygens (including phenoxy) is 1. The Kier molecular flexibility index (Phi) is 21.2. The van der Waals surface area contributed by atoms with Crippen molar-refractivity contribution in [3.63, 3.8) is 0 Å². The third-order valence-electron chi connectivity index (χ3n) is 8.82. The molecule has 6 aromatic carbocycles. The largest absolute Gasteiger partial charge is 3.00 e. The van der Waals surface area contributed by atoms with Crippen LogP contribution in [0.4, 0.5) is 34.1 Å². The molecule has 0 amide bonds. The van der Waals surface area contributed by atoms with Crippen molar-refractivity contribution in [1.82, 2.24) is 0 Å². The quantitative estimate of drug-likeness (QED) is 0.144. The Bertz CT molecular complexity index is 1630. The first kappa shape index (κ1) is 45.2. The number of anilines is 2. The zero-order valence-electron chi connectivity index (χ0n) is 33.5. The zero-order valence-corrected chi connectivity index (χ0v) is 36.7. The Balaban J connectivity index is 0.000000216. The van der Waals surface area contributed by atoms with E-state index in [4.69, 9.17) is 4.74 Å². The molecule has 2 N–H and O–H groups in total. The fraction of sp³-hybridized carbons (Fsp3) is 0.265. The summed E-state index contributed by atoms with van der Waals surface area (Å²) in [7, 11) is 0. The van der Waals surface area contributed by atoms with Crippen molar-refractivity contribution in [3.8, 4) is 0 Å². The Hall–Kier alpha value is -4.17. The topological polar surface area (TPSA) is 61.5 Å². The molecule has 6 aromatic rings. The third kappa shape index (κ3) is 17.4. The minimum atomic E-state index is 0. The molecule has 1 aliphatic heterocycles. The van der Waals surface area contributed by atoms with Crippen molar-refractivity contribution in [3.05, 3.63) is 191 Å². The SMILES string of the molecule is C1CCOC1.Cc1cccc(C)c1NC(C)CC(C)Nc1c(C)cccc1C.[Nd+3].c1ccc([N-]c2ccccc2)cc1.c1ccc([N-]c2ccccc2)cc1. The molecule has 0 spiro atoms. The van der Waals surface area contributed by atoms with E-state index in [-0.39, 0.29) is 40.8 Å². The van der Waals surface area contributed by atoms with Crippen LogP contribution < -0.4 is 10.6 Å². The molecule has 55 heavy (non-hydrogen) atoms. The Morgan fingerprint density at radius 3 is 0.945 bits per heavy atom. The van der Waals surface area contributed by atoms with E-state index in [1.807, 2.05) is 121 Å². The number of hydrogen-bond donors (Lipinski definition) is 2. The van der Waals surface area contributed by atoms with Crippen molar-refractivity contribution in [1.29, 1.82) is 0 Å². The molecule has 0 aliphatic carbocycles. The van der Waals surface area contributed by atoms with Crippen LogP contribution in [-0.4, -0.2) is 25.3 Å². The predicted molar refractivity (Wildman–Crippen MR) is 234 cm³/mol. The van der Waals surface area contributed by atoms with Gasteiger partial charge in [0.05, 0.1) is 0 Å². The van der Waals surface area contributed by atoms with Gasteiger partial charge >= 0.3 is 40.8 Å². The Morgan fingerprint density at radius 2 is 0.709 bits per heavy atom. The van der Waals surface area contributed by atoms with Gasteiger partial charge in [-0.3, -0.25) is 0 Å². The van der Waals surface area contributed by atoms with Gasteiger partial charge in [-0.25, -0.2) is 0 Å². The van der Waals surface area contributed by atoms with Crippen LogP contribution in [0.15, 0.2) is 158 Å². The van der Waals surface area contributed by atoms with Crippen LogP contribution >= 0.6 is 0 Å². The van der Waals surface area contributed by atoms with Crippen LogP contribution in [-0.2, 0) is 4.74 Å². The average molecular weight is 863 g/mol. The van der Waals surface area contributed by atoms with Crippen LogP contribution in [0.2, 0.25) is 0 Å². The molecule has 1 saturated heterocycles. The molecule has 5 nitrogen and oxygen atoms in total. The van der Waals surface area contributed by atoms with E-state index in [0.29, 0.717) is 12.1 Å². The number of para-hydroxylation sites is 6.